The van der Waals surface area contributed by atoms with Gasteiger partial charge in [-0.3, -0.25) is 4.68 Å². The summed E-state index contributed by atoms with van der Waals surface area (Å²) in [6.07, 6.45) is -8.62. The number of nitriles is 1. The summed E-state index contributed by atoms with van der Waals surface area (Å²) < 4.78 is 81.1. The summed E-state index contributed by atoms with van der Waals surface area (Å²) in [5.74, 6) is -1.15. The molecule has 4 rings (SSSR count). The molecule has 0 saturated carbocycles. The van der Waals surface area contributed by atoms with Crippen LogP contribution in [0.1, 0.15) is 38.3 Å². The number of aromatic nitrogens is 2. The first-order chi connectivity index (χ1) is 17.8. The lowest BCUT2D eigenvalue weighted by Gasteiger charge is -2.14. The van der Waals surface area contributed by atoms with Crippen molar-refractivity contribution in [2.75, 3.05) is 0 Å². The molecule has 4 aromatic rings. The summed E-state index contributed by atoms with van der Waals surface area (Å²) in [4.78, 5) is 11.1. The minimum Gasteiger partial charge on any atom is -0.478 e. The van der Waals surface area contributed by atoms with Crippen LogP contribution in [0.2, 0.25) is 5.02 Å². The standard InChI is InChI=1S/C26H14ClF6N3O2/c27-20-5-6-21-22(9-17(12-34)15-1-3-16(4-2-15)24(37)38)35-36(23(21)11-20)13-14-7-18(25(28,29)30)10-19(8-14)26(31,32)33/h1-11H,13H2,(H,37,38)/b17-9+. The lowest BCUT2D eigenvalue weighted by molar-refractivity contribution is -0.143. The molecule has 0 aliphatic carbocycles. The normalized spacial score (nSPS) is 12.5. The first-order valence-corrected chi connectivity index (χ1v) is 11.0. The Labute approximate surface area is 215 Å². The van der Waals surface area contributed by atoms with Crippen molar-refractivity contribution in [3.63, 3.8) is 0 Å². The fourth-order valence-electron chi connectivity index (χ4n) is 3.79. The van der Waals surface area contributed by atoms with Crippen molar-refractivity contribution in [2.45, 2.75) is 18.9 Å². The van der Waals surface area contributed by atoms with Crippen LogP contribution in [0.3, 0.4) is 0 Å². The Bertz CT molecular complexity index is 1580. The molecule has 5 nitrogen and oxygen atoms in total. The fraction of sp³-hybridized carbons (Fsp3) is 0.115. The van der Waals surface area contributed by atoms with E-state index in [1.165, 1.54) is 47.2 Å². The lowest BCUT2D eigenvalue weighted by atomic mass is 10.0. The average molecular weight is 550 g/mol. The highest BCUT2D eigenvalue weighted by molar-refractivity contribution is 6.31. The van der Waals surface area contributed by atoms with Gasteiger partial charge in [0.15, 0.2) is 0 Å². The van der Waals surface area contributed by atoms with E-state index in [-0.39, 0.29) is 33.5 Å². The summed E-state index contributed by atoms with van der Waals surface area (Å²) in [5.41, 5.74) is -2.19. The third-order valence-electron chi connectivity index (χ3n) is 5.57. The van der Waals surface area contributed by atoms with Gasteiger partial charge in [0.1, 0.15) is 0 Å². The summed E-state index contributed by atoms with van der Waals surface area (Å²) >= 11 is 6.09. The number of fused-ring (bicyclic) bond motifs is 1. The quantitative estimate of drug-likeness (QED) is 0.206. The number of hydrogen-bond acceptors (Lipinski definition) is 3. The SMILES string of the molecule is N#C/C(=C\c1nn(Cc2cc(C(F)(F)F)cc(C(F)(F)F)c2)c2cc(Cl)ccc12)c1ccc(C(=O)O)cc1. The van der Waals surface area contributed by atoms with Crippen LogP contribution in [0.25, 0.3) is 22.6 Å². The van der Waals surface area contributed by atoms with E-state index in [0.29, 0.717) is 28.6 Å². The number of carboxylic acid groups (broad SMARTS) is 1. The predicted molar refractivity (Wildman–Crippen MR) is 127 cm³/mol. The van der Waals surface area contributed by atoms with Gasteiger partial charge in [0.25, 0.3) is 0 Å². The maximum absolute atomic E-state index is 13.3. The molecule has 1 heterocycles. The van der Waals surface area contributed by atoms with Crippen LogP contribution in [0.4, 0.5) is 26.3 Å². The number of carbonyl (C=O) groups is 1. The largest absolute Gasteiger partial charge is 0.478 e. The highest BCUT2D eigenvalue weighted by atomic mass is 35.5. The number of benzene rings is 3. The first-order valence-electron chi connectivity index (χ1n) is 10.7. The van der Waals surface area contributed by atoms with Gasteiger partial charge >= 0.3 is 18.3 Å². The maximum atomic E-state index is 13.3. The molecule has 0 radical (unpaired) electrons. The van der Waals surface area contributed by atoms with Crippen LogP contribution in [-0.4, -0.2) is 20.9 Å². The van der Waals surface area contributed by atoms with Gasteiger partial charge in [0.05, 0.1) is 46.1 Å². The molecule has 0 bridgehead atoms. The van der Waals surface area contributed by atoms with Crippen LogP contribution >= 0.6 is 11.6 Å². The molecule has 0 atom stereocenters. The number of alkyl halides is 6. The maximum Gasteiger partial charge on any atom is 0.416 e. The molecular weight excluding hydrogens is 536 g/mol. The van der Waals surface area contributed by atoms with Crippen molar-refractivity contribution < 1.29 is 36.2 Å². The fourth-order valence-corrected chi connectivity index (χ4v) is 3.96. The van der Waals surface area contributed by atoms with Crippen molar-refractivity contribution in [3.8, 4) is 6.07 Å². The van der Waals surface area contributed by atoms with Gasteiger partial charge in [0, 0.05) is 10.4 Å². The number of aromatic carboxylic acids is 1. The van der Waals surface area contributed by atoms with Gasteiger partial charge in [-0.25, -0.2) is 4.79 Å². The molecule has 194 valence electrons. The number of halogens is 7. The number of nitrogens with zero attached hydrogens (tertiary/aromatic N) is 3. The van der Waals surface area contributed by atoms with Gasteiger partial charge in [-0.05, 0) is 65.7 Å². The minimum absolute atomic E-state index is 0.00900. The molecule has 1 N–H and O–H groups in total. The lowest BCUT2D eigenvalue weighted by Crippen LogP contribution is -2.13. The van der Waals surface area contributed by atoms with Crippen LogP contribution in [0.5, 0.6) is 0 Å². The second-order valence-corrected chi connectivity index (χ2v) is 8.61. The Hall–Kier alpha value is -4.30. The molecular formula is C26H14ClF6N3O2. The highest BCUT2D eigenvalue weighted by Gasteiger charge is 2.37. The zero-order chi connectivity index (χ0) is 27.8. The van der Waals surface area contributed by atoms with Crippen molar-refractivity contribution >= 4 is 40.1 Å². The van der Waals surface area contributed by atoms with Crippen LogP contribution in [0.15, 0.2) is 60.7 Å². The Morgan fingerprint density at radius 1 is 0.947 bits per heavy atom. The summed E-state index contributed by atoms with van der Waals surface area (Å²) in [6, 6.07) is 13.3. The molecule has 0 aliphatic heterocycles. The second kappa shape index (κ2) is 9.87. The number of hydrogen-bond donors (Lipinski definition) is 1. The van der Waals surface area contributed by atoms with Crippen molar-refractivity contribution in [3.05, 3.63) is 99.2 Å². The topological polar surface area (TPSA) is 78.9 Å². The van der Waals surface area contributed by atoms with E-state index in [0.717, 1.165) is 0 Å². The van der Waals surface area contributed by atoms with Gasteiger partial charge < -0.3 is 5.11 Å². The summed E-state index contributed by atoms with van der Waals surface area (Å²) in [5, 5.41) is 23.8. The zero-order valence-electron chi connectivity index (χ0n) is 18.9. The smallest absolute Gasteiger partial charge is 0.416 e. The highest BCUT2D eigenvalue weighted by Crippen LogP contribution is 2.37. The van der Waals surface area contributed by atoms with Gasteiger partial charge in [-0.15, -0.1) is 0 Å². The van der Waals surface area contributed by atoms with E-state index in [1.807, 2.05) is 6.07 Å². The molecule has 0 aliphatic rings. The van der Waals surface area contributed by atoms with E-state index in [2.05, 4.69) is 5.10 Å². The average Bonchev–Trinajstić information content (AvgIpc) is 3.17. The van der Waals surface area contributed by atoms with E-state index in [9.17, 15) is 36.4 Å². The molecule has 3 aromatic carbocycles. The molecule has 0 saturated heterocycles. The molecule has 38 heavy (non-hydrogen) atoms. The van der Waals surface area contributed by atoms with Crippen molar-refractivity contribution in [1.29, 1.82) is 5.26 Å². The predicted octanol–water partition coefficient (Wildman–Crippen LogP) is 7.54. The van der Waals surface area contributed by atoms with Gasteiger partial charge in [-0.1, -0.05) is 23.7 Å². The molecule has 0 spiro atoms. The Morgan fingerprint density at radius 2 is 1.53 bits per heavy atom. The Kier molecular flexibility index (Phi) is 6.95. The van der Waals surface area contributed by atoms with E-state index < -0.39 is 36.0 Å². The molecule has 0 amide bonds. The molecule has 0 fully saturated rings. The number of carboxylic acids is 1. The summed E-state index contributed by atoms with van der Waals surface area (Å²) in [6.45, 7) is -0.452. The van der Waals surface area contributed by atoms with Crippen LogP contribution in [0, 0.1) is 11.3 Å². The molecule has 1 aromatic heterocycles. The van der Waals surface area contributed by atoms with E-state index >= 15 is 0 Å². The van der Waals surface area contributed by atoms with Crippen molar-refractivity contribution in [1.82, 2.24) is 9.78 Å². The second-order valence-electron chi connectivity index (χ2n) is 8.17. The third kappa shape index (κ3) is 5.65. The Morgan fingerprint density at radius 3 is 2.05 bits per heavy atom. The zero-order valence-corrected chi connectivity index (χ0v) is 19.7. The van der Waals surface area contributed by atoms with Crippen LogP contribution in [-0.2, 0) is 18.9 Å². The number of rotatable bonds is 5. The summed E-state index contributed by atoms with van der Waals surface area (Å²) in [7, 11) is 0. The van der Waals surface area contributed by atoms with Gasteiger partial charge in [-0.2, -0.15) is 36.7 Å². The van der Waals surface area contributed by atoms with Gasteiger partial charge in [0.2, 0.25) is 0 Å². The van der Waals surface area contributed by atoms with Crippen molar-refractivity contribution in [2.24, 2.45) is 0 Å². The molecule has 0 unspecified atom stereocenters. The van der Waals surface area contributed by atoms with E-state index in [1.54, 1.807) is 6.07 Å². The van der Waals surface area contributed by atoms with Crippen LogP contribution < -0.4 is 0 Å². The third-order valence-corrected chi connectivity index (χ3v) is 5.80. The Balaban J connectivity index is 1.83. The first kappa shape index (κ1) is 26.8. The minimum atomic E-state index is -5.00. The van der Waals surface area contributed by atoms with E-state index in [4.69, 9.17) is 16.7 Å². The number of allylic oxidation sites excluding steroid dienone is 1. The molecule has 12 heteroatoms. The monoisotopic (exact) mass is 549 g/mol.